The molecule has 148 valence electrons. The molecule has 0 bridgehead atoms. The van der Waals surface area contributed by atoms with E-state index in [2.05, 4.69) is 9.30 Å². The highest BCUT2D eigenvalue weighted by molar-refractivity contribution is 5.99. The van der Waals surface area contributed by atoms with Gasteiger partial charge in [-0.25, -0.2) is 4.98 Å². The number of nitro groups is 1. The number of nitrogens with zero attached hydrogens (tertiary/aromatic N) is 5. The van der Waals surface area contributed by atoms with Crippen LogP contribution in [0.25, 0.3) is 5.52 Å². The maximum absolute atomic E-state index is 13.2. The Balaban J connectivity index is 1.32. The molecular formula is C21H21N5O3. The summed E-state index contributed by atoms with van der Waals surface area (Å²) in [5.41, 5.74) is 2.43. The minimum absolute atomic E-state index is 0.0241. The second kappa shape index (κ2) is 6.88. The molecule has 1 aliphatic carbocycles. The first-order valence-corrected chi connectivity index (χ1v) is 9.87. The van der Waals surface area contributed by atoms with Gasteiger partial charge in [0.1, 0.15) is 5.82 Å². The van der Waals surface area contributed by atoms with Gasteiger partial charge in [-0.2, -0.15) is 0 Å². The number of pyridine rings is 1. The van der Waals surface area contributed by atoms with Crippen LogP contribution in [0.15, 0.2) is 48.7 Å². The van der Waals surface area contributed by atoms with Crippen molar-refractivity contribution in [2.75, 3.05) is 31.1 Å². The van der Waals surface area contributed by atoms with Gasteiger partial charge in [0.05, 0.1) is 10.4 Å². The molecule has 0 unspecified atom stereocenters. The van der Waals surface area contributed by atoms with E-state index in [4.69, 9.17) is 4.98 Å². The Morgan fingerprint density at radius 1 is 1.03 bits per heavy atom. The minimum Gasteiger partial charge on any atom is -0.368 e. The largest absolute Gasteiger partial charge is 0.368 e. The number of imidazole rings is 1. The third-order valence-corrected chi connectivity index (χ3v) is 5.71. The van der Waals surface area contributed by atoms with Gasteiger partial charge in [-0.3, -0.25) is 14.9 Å². The van der Waals surface area contributed by atoms with E-state index in [-0.39, 0.29) is 11.6 Å². The maximum Gasteiger partial charge on any atom is 0.274 e. The van der Waals surface area contributed by atoms with Gasteiger partial charge in [-0.1, -0.05) is 6.07 Å². The van der Waals surface area contributed by atoms with Crippen LogP contribution in [0.4, 0.5) is 11.4 Å². The normalized spacial score (nSPS) is 17.0. The summed E-state index contributed by atoms with van der Waals surface area (Å²) in [6.45, 7) is 2.57. The van der Waals surface area contributed by atoms with Crippen molar-refractivity contribution < 1.29 is 9.72 Å². The summed E-state index contributed by atoms with van der Waals surface area (Å²) < 4.78 is 2.05. The summed E-state index contributed by atoms with van der Waals surface area (Å²) in [5.74, 6) is 1.43. The number of fused-ring (bicyclic) bond motifs is 1. The fourth-order valence-corrected chi connectivity index (χ4v) is 3.95. The minimum atomic E-state index is -0.397. The van der Waals surface area contributed by atoms with Crippen molar-refractivity contribution in [3.63, 3.8) is 0 Å². The van der Waals surface area contributed by atoms with Crippen LogP contribution >= 0.6 is 0 Å². The van der Waals surface area contributed by atoms with E-state index >= 15 is 0 Å². The molecule has 0 N–H and O–H groups in total. The van der Waals surface area contributed by atoms with Crippen LogP contribution in [-0.4, -0.2) is 51.3 Å². The summed E-state index contributed by atoms with van der Waals surface area (Å²) in [7, 11) is 0. The number of hydrogen-bond donors (Lipinski definition) is 0. The smallest absolute Gasteiger partial charge is 0.274 e. The van der Waals surface area contributed by atoms with E-state index in [1.165, 1.54) is 12.1 Å². The SMILES string of the molecule is O=C(c1nc(C2CC2)n2ccccc12)N1CCN(c2ccc([N+](=O)[O-])cc2)CC1. The first-order chi connectivity index (χ1) is 14.1. The Labute approximate surface area is 167 Å². The van der Waals surface area contributed by atoms with E-state index < -0.39 is 4.92 Å². The maximum atomic E-state index is 13.2. The van der Waals surface area contributed by atoms with Crippen molar-refractivity contribution >= 4 is 22.8 Å². The second-order valence-electron chi connectivity index (χ2n) is 7.60. The van der Waals surface area contributed by atoms with Crippen LogP contribution in [0.2, 0.25) is 0 Å². The van der Waals surface area contributed by atoms with Crippen LogP contribution in [0.1, 0.15) is 35.1 Å². The molecule has 5 rings (SSSR count). The molecule has 1 aliphatic heterocycles. The lowest BCUT2D eigenvalue weighted by Gasteiger charge is -2.35. The van der Waals surface area contributed by atoms with Gasteiger partial charge >= 0.3 is 0 Å². The van der Waals surface area contributed by atoms with Crippen molar-refractivity contribution in [3.05, 3.63) is 70.3 Å². The zero-order valence-corrected chi connectivity index (χ0v) is 15.9. The summed E-state index contributed by atoms with van der Waals surface area (Å²) in [5, 5.41) is 10.8. The van der Waals surface area contributed by atoms with E-state index in [0.717, 1.165) is 29.9 Å². The highest BCUT2D eigenvalue weighted by Crippen LogP contribution is 2.40. The predicted molar refractivity (Wildman–Crippen MR) is 108 cm³/mol. The van der Waals surface area contributed by atoms with E-state index in [1.807, 2.05) is 29.3 Å². The average Bonchev–Trinajstić information content (AvgIpc) is 3.54. The zero-order valence-electron chi connectivity index (χ0n) is 15.9. The van der Waals surface area contributed by atoms with Gasteiger partial charge in [0.15, 0.2) is 5.69 Å². The number of carbonyl (C=O) groups excluding carboxylic acids is 1. The number of amides is 1. The molecule has 0 atom stereocenters. The number of non-ortho nitro benzene ring substituents is 1. The van der Waals surface area contributed by atoms with Crippen LogP contribution in [0.5, 0.6) is 0 Å². The lowest BCUT2D eigenvalue weighted by atomic mass is 10.2. The first-order valence-electron chi connectivity index (χ1n) is 9.87. The molecule has 2 aliphatic rings. The molecule has 1 amide bonds. The highest BCUT2D eigenvalue weighted by Gasteiger charge is 2.32. The lowest BCUT2D eigenvalue weighted by Crippen LogP contribution is -2.49. The quantitative estimate of drug-likeness (QED) is 0.504. The summed E-state index contributed by atoms with van der Waals surface area (Å²) >= 11 is 0. The number of benzene rings is 1. The fraction of sp³-hybridized carbons (Fsp3) is 0.333. The fourth-order valence-electron chi connectivity index (χ4n) is 3.95. The van der Waals surface area contributed by atoms with Crippen molar-refractivity contribution in [2.45, 2.75) is 18.8 Å². The summed E-state index contributed by atoms with van der Waals surface area (Å²) in [6, 6.07) is 12.4. The van der Waals surface area contributed by atoms with Gasteiger partial charge in [0, 0.05) is 56.1 Å². The summed E-state index contributed by atoms with van der Waals surface area (Å²) in [6.07, 6.45) is 4.25. The van der Waals surface area contributed by atoms with E-state index in [1.54, 1.807) is 12.1 Å². The van der Waals surface area contributed by atoms with Gasteiger partial charge in [0.2, 0.25) is 0 Å². The summed E-state index contributed by atoms with van der Waals surface area (Å²) in [4.78, 5) is 32.3. The van der Waals surface area contributed by atoms with Gasteiger partial charge in [-0.15, -0.1) is 0 Å². The van der Waals surface area contributed by atoms with Crippen molar-refractivity contribution in [1.29, 1.82) is 0 Å². The number of rotatable bonds is 4. The standard InChI is InChI=1S/C21H21N5O3/c27-21(19-18-3-1-2-10-25(18)20(22-19)15-4-5-15)24-13-11-23(12-14-24)16-6-8-17(9-7-16)26(28)29/h1-3,6-10,15H,4-5,11-14H2. The Morgan fingerprint density at radius 3 is 2.41 bits per heavy atom. The van der Waals surface area contributed by atoms with E-state index in [0.29, 0.717) is 37.8 Å². The molecule has 0 radical (unpaired) electrons. The number of anilines is 1. The molecule has 2 aromatic heterocycles. The Kier molecular flexibility index (Phi) is 4.19. The van der Waals surface area contributed by atoms with Crippen LogP contribution in [0, 0.1) is 10.1 Å². The number of nitro benzene ring substituents is 1. The van der Waals surface area contributed by atoms with Crippen molar-refractivity contribution in [2.24, 2.45) is 0 Å². The van der Waals surface area contributed by atoms with Crippen LogP contribution in [0.3, 0.4) is 0 Å². The number of aromatic nitrogens is 2. The number of carbonyl (C=O) groups is 1. The second-order valence-corrected chi connectivity index (χ2v) is 7.60. The monoisotopic (exact) mass is 391 g/mol. The predicted octanol–water partition coefficient (Wildman–Crippen LogP) is 3.08. The molecule has 2 fully saturated rings. The Morgan fingerprint density at radius 2 is 1.76 bits per heavy atom. The third kappa shape index (κ3) is 3.20. The molecular weight excluding hydrogens is 370 g/mol. The third-order valence-electron chi connectivity index (χ3n) is 5.71. The van der Waals surface area contributed by atoms with Crippen molar-refractivity contribution in [1.82, 2.24) is 14.3 Å². The van der Waals surface area contributed by atoms with Crippen molar-refractivity contribution in [3.8, 4) is 0 Å². The topological polar surface area (TPSA) is 84.0 Å². The first kappa shape index (κ1) is 17.7. The molecule has 8 nitrogen and oxygen atoms in total. The van der Waals surface area contributed by atoms with E-state index in [9.17, 15) is 14.9 Å². The molecule has 8 heteroatoms. The van der Waals surface area contributed by atoms with Gasteiger partial charge in [0.25, 0.3) is 11.6 Å². The van der Waals surface area contributed by atoms with Crippen LogP contribution in [-0.2, 0) is 0 Å². The van der Waals surface area contributed by atoms with Gasteiger partial charge in [-0.05, 0) is 37.1 Å². The Hall–Kier alpha value is -3.42. The molecule has 29 heavy (non-hydrogen) atoms. The lowest BCUT2D eigenvalue weighted by molar-refractivity contribution is -0.384. The molecule has 3 heterocycles. The highest BCUT2D eigenvalue weighted by atomic mass is 16.6. The zero-order chi connectivity index (χ0) is 20.0. The molecule has 1 saturated carbocycles. The van der Waals surface area contributed by atoms with Crippen LogP contribution < -0.4 is 4.90 Å². The average molecular weight is 391 g/mol. The Bertz CT molecular complexity index is 1080. The number of piperazine rings is 1. The molecule has 1 saturated heterocycles. The molecule has 0 spiro atoms. The molecule has 1 aromatic carbocycles. The molecule has 3 aromatic rings. The van der Waals surface area contributed by atoms with Gasteiger partial charge < -0.3 is 14.2 Å². The number of hydrogen-bond acceptors (Lipinski definition) is 5.